The van der Waals surface area contributed by atoms with E-state index in [1.807, 2.05) is 0 Å². The molecule has 0 spiro atoms. The van der Waals surface area contributed by atoms with Gasteiger partial charge in [-0.3, -0.25) is 0 Å². The van der Waals surface area contributed by atoms with Crippen molar-refractivity contribution in [3.63, 3.8) is 0 Å². The fourth-order valence-electron chi connectivity index (χ4n) is 3.57. The van der Waals surface area contributed by atoms with Crippen LogP contribution in [0.15, 0.2) is 11.6 Å². The molecule has 0 bridgehead atoms. The van der Waals surface area contributed by atoms with Crippen molar-refractivity contribution in [3.8, 4) is 0 Å². The highest BCUT2D eigenvalue weighted by atomic mass is 14.6. The second-order valence-corrected chi connectivity index (χ2v) is 4.58. The highest BCUT2D eigenvalue weighted by molar-refractivity contribution is 5.24. The molecule has 0 aromatic carbocycles. The van der Waals surface area contributed by atoms with Crippen molar-refractivity contribution in [1.29, 1.82) is 0 Å². The zero-order valence-electron chi connectivity index (χ0n) is 7.22. The van der Waals surface area contributed by atoms with Gasteiger partial charge in [-0.15, -0.1) is 0 Å². The summed E-state index contributed by atoms with van der Waals surface area (Å²) in [7, 11) is 0. The molecule has 4 unspecified atom stereocenters. The van der Waals surface area contributed by atoms with E-state index in [-0.39, 0.29) is 0 Å². The molecule has 0 heteroatoms. The Bertz CT molecular complexity index is 214. The highest BCUT2D eigenvalue weighted by Gasteiger charge is 2.53. The van der Waals surface area contributed by atoms with Gasteiger partial charge in [-0.2, -0.15) is 0 Å². The molecule has 0 aliphatic heterocycles. The molecule has 11 heavy (non-hydrogen) atoms. The van der Waals surface area contributed by atoms with Crippen LogP contribution in [0.25, 0.3) is 0 Å². The second kappa shape index (κ2) is 1.91. The van der Waals surface area contributed by atoms with Gasteiger partial charge in [-0.25, -0.2) is 0 Å². The summed E-state index contributed by atoms with van der Waals surface area (Å²) in [5.41, 5.74) is 1.78. The summed E-state index contributed by atoms with van der Waals surface area (Å²) in [6.45, 7) is 2.21. The van der Waals surface area contributed by atoms with E-state index in [1.165, 1.54) is 12.3 Å². The van der Waals surface area contributed by atoms with Crippen LogP contribution in [0.2, 0.25) is 0 Å². The molecule has 0 heterocycles. The molecule has 3 rings (SSSR count). The summed E-state index contributed by atoms with van der Waals surface area (Å²) in [6, 6.07) is 0. The lowest BCUT2D eigenvalue weighted by Gasteiger charge is -2.40. The Balaban J connectivity index is 1.83. The van der Waals surface area contributed by atoms with Crippen LogP contribution in [-0.4, -0.2) is 0 Å². The van der Waals surface area contributed by atoms with Crippen LogP contribution in [0.4, 0.5) is 0 Å². The molecule has 0 nitrogen and oxygen atoms in total. The fourth-order valence-corrected chi connectivity index (χ4v) is 3.57. The molecule has 3 saturated carbocycles. The maximum Gasteiger partial charge on any atom is -0.0166 e. The summed E-state index contributed by atoms with van der Waals surface area (Å²) in [4.78, 5) is 0. The van der Waals surface area contributed by atoms with Crippen LogP contribution in [0.3, 0.4) is 0 Å². The first kappa shape index (κ1) is 6.28. The van der Waals surface area contributed by atoms with Crippen LogP contribution >= 0.6 is 0 Å². The molecule has 0 aromatic heterocycles. The molecule has 0 saturated heterocycles. The second-order valence-electron chi connectivity index (χ2n) is 4.58. The Morgan fingerprint density at radius 1 is 1.27 bits per heavy atom. The Kier molecular flexibility index (Phi) is 1.09. The fraction of sp³-hybridized carbons (Fsp3) is 0.818. The first-order chi connectivity index (χ1) is 5.40. The lowest BCUT2D eigenvalue weighted by atomic mass is 9.65. The molecule has 4 atom stereocenters. The lowest BCUT2D eigenvalue weighted by molar-refractivity contribution is 0.148. The van der Waals surface area contributed by atoms with E-state index in [4.69, 9.17) is 0 Å². The Morgan fingerprint density at radius 2 is 2.18 bits per heavy atom. The van der Waals surface area contributed by atoms with Gasteiger partial charge in [0.1, 0.15) is 0 Å². The maximum absolute atomic E-state index is 2.37. The van der Waals surface area contributed by atoms with E-state index in [0.29, 0.717) is 0 Å². The van der Waals surface area contributed by atoms with E-state index >= 15 is 0 Å². The van der Waals surface area contributed by atoms with Crippen molar-refractivity contribution >= 4 is 0 Å². The Morgan fingerprint density at radius 3 is 2.73 bits per heavy atom. The van der Waals surface area contributed by atoms with Gasteiger partial charge in [0.15, 0.2) is 0 Å². The lowest BCUT2D eigenvalue weighted by Crippen LogP contribution is -2.31. The van der Waals surface area contributed by atoms with Gasteiger partial charge in [-0.05, 0) is 56.3 Å². The van der Waals surface area contributed by atoms with Gasteiger partial charge in [-0.1, -0.05) is 11.6 Å². The molecule has 0 aromatic rings. The molecule has 3 aliphatic carbocycles. The molecule has 0 radical (unpaired) electrons. The van der Waals surface area contributed by atoms with Crippen molar-refractivity contribution in [2.75, 3.05) is 0 Å². The minimum absolute atomic E-state index is 1.05. The Labute approximate surface area is 68.7 Å². The van der Waals surface area contributed by atoms with Crippen LogP contribution in [0, 0.1) is 23.7 Å². The van der Waals surface area contributed by atoms with Crippen LogP contribution in [0.5, 0.6) is 0 Å². The summed E-state index contributed by atoms with van der Waals surface area (Å²) < 4.78 is 0. The minimum Gasteiger partial charge on any atom is -0.0882 e. The van der Waals surface area contributed by atoms with Gasteiger partial charge < -0.3 is 0 Å². The molecule has 60 valence electrons. The van der Waals surface area contributed by atoms with Crippen molar-refractivity contribution in [2.24, 2.45) is 23.7 Å². The van der Waals surface area contributed by atoms with Crippen LogP contribution in [-0.2, 0) is 0 Å². The van der Waals surface area contributed by atoms with Crippen LogP contribution in [0.1, 0.15) is 32.6 Å². The number of hydrogen-bond acceptors (Lipinski definition) is 0. The van der Waals surface area contributed by atoms with Crippen molar-refractivity contribution in [1.82, 2.24) is 0 Å². The quantitative estimate of drug-likeness (QED) is 0.463. The summed E-state index contributed by atoms with van der Waals surface area (Å²) in [6.07, 6.45) is 8.49. The smallest absolute Gasteiger partial charge is 0.0166 e. The molecule has 0 N–H and O–H groups in total. The normalized spacial score (nSPS) is 56.3. The van der Waals surface area contributed by atoms with E-state index < -0.39 is 0 Å². The number of fused-ring (bicyclic) bond motifs is 3. The zero-order valence-corrected chi connectivity index (χ0v) is 7.22. The molecular weight excluding hydrogens is 132 g/mol. The standard InChI is InChI=1S/C11H16/c1-2-7-5-11-9-4-3-8(9)6-10(7)11/h2,8-11H,3-6H2,1H3/b7-2-. The maximum atomic E-state index is 2.37. The van der Waals surface area contributed by atoms with E-state index in [0.717, 1.165) is 17.8 Å². The number of hydrogen-bond donors (Lipinski definition) is 0. The highest BCUT2D eigenvalue weighted by Crippen LogP contribution is 2.62. The SMILES string of the molecule is C/C=C1/CC2C1CC1CCC12. The van der Waals surface area contributed by atoms with Gasteiger partial charge in [0.25, 0.3) is 0 Å². The topological polar surface area (TPSA) is 0 Å². The van der Waals surface area contributed by atoms with Gasteiger partial charge in [0.05, 0.1) is 0 Å². The van der Waals surface area contributed by atoms with Crippen molar-refractivity contribution < 1.29 is 0 Å². The summed E-state index contributed by atoms with van der Waals surface area (Å²) in [5.74, 6) is 4.52. The first-order valence-electron chi connectivity index (χ1n) is 5.05. The van der Waals surface area contributed by atoms with Gasteiger partial charge in [0.2, 0.25) is 0 Å². The molecule has 3 fully saturated rings. The predicted octanol–water partition coefficient (Wildman–Crippen LogP) is 3.00. The zero-order chi connectivity index (χ0) is 7.42. The van der Waals surface area contributed by atoms with E-state index in [1.54, 1.807) is 24.8 Å². The Hall–Kier alpha value is -0.260. The third kappa shape index (κ3) is 0.617. The summed E-state index contributed by atoms with van der Waals surface area (Å²) >= 11 is 0. The number of rotatable bonds is 0. The summed E-state index contributed by atoms with van der Waals surface area (Å²) in [5, 5.41) is 0. The van der Waals surface area contributed by atoms with Gasteiger partial charge in [0, 0.05) is 0 Å². The average molecular weight is 148 g/mol. The molecule has 3 aliphatic rings. The van der Waals surface area contributed by atoms with Crippen molar-refractivity contribution in [2.45, 2.75) is 32.6 Å². The largest absolute Gasteiger partial charge is 0.0882 e. The van der Waals surface area contributed by atoms with Gasteiger partial charge >= 0.3 is 0 Å². The molecular formula is C11H16. The number of allylic oxidation sites excluding steroid dienone is 2. The van der Waals surface area contributed by atoms with Crippen molar-refractivity contribution in [3.05, 3.63) is 11.6 Å². The monoisotopic (exact) mass is 148 g/mol. The first-order valence-corrected chi connectivity index (χ1v) is 5.05. The third-order valence-corrected chi connectivity index (χ3v) is 4.42. The van der Waals surface area contributed by atoms with Crippen LogP contribution < -0.4 is 0 Å². The van der Waals surface area contributed by atoms with E-state index in [9.17, 15) is 0 Å². The minimum atomic E-state index is 1.05. The van der Waals surface area contributed by atoms with E-state index in [2.05, 4.69) is 13.0 Å². The molecule has 0 amide bonds. The third-order valence-electron chi connectivity index (χ3n) is 4.42. The average Bonchev–Trinajstić information content (AvgIpc) is 2.09. The predicted molar refractivity (Wildman–Crippen MR) is 46.2 cm³/mol.